The fourth-order valence-corrected chi connectivity index (χ4v) is 1.22. The molecule has 0 aromatic rings. The molecular weight excluding hydrogens is 178 g/mol. The van der Waals surface area contributed by atoms with E-state index < -0.39 is 0 Å². The zero-order valence-electron chi connectivity index (χ0n) is 10.0. The number of rotatable bonds is 6. The van der Waals surface area contributed by atoms with Crippen molar-refractivity contribution >= 4 is 5.91 Å². The summed E-state index contributed by atoms with van der Waals surface area (Å²) in [5, 5.41) is 3.06. The van der Waals surface area contributed by atoms with Crippen LogP contribution >= 0.6 is 0 Å². The Balaban J connectivity index is 0. The van der Waals surface area contributed by atoms with E-state index in [4.69, 9.17) is 4.74 Å². The Morgan fingerprint density at radius 1 is 1.57 bits per heavy atom. The van der Waals surface area contributed by atoms with Crippen LogP contribution in [0.3, 0.4) is 0 Å². The van der Waals surface area contributed by atoms with Crippen molar-refractivity contribution in [1.82, 2.24) is 5.32 Å². The number of methoxy groups -OCH3 is 1. The van der Waals surface area contributed by atoms with E-state index in [0.717, 1.165) is 6.42 Å². The third-order valence-electron chi connectivity index (χ3n) is 2.85. The molecule has 14 heavy (non-hydrogen) atoms. The van der Waals surface area contributed by atoms with Gasteiger partial charge in [0, 0.05) is 27.1 Å². The molecule has 0 spiro atoms. The average Bonchev–Trinajstić information content (AvgIpc) is 2.14. The molecule has 0 heterocycles. The Hall–Kier alpha value is -0.570. The molecule has 0 rings (SSSR count). The predicted molar refractivity (Wildman–Crippen MR) is 60.3 cm³/mol. The van der Waals surface area contributed by atoms with Gasteiger partial charge in [-0.2, -0.15) is 0 Å². The summed E-state index contributed by atoms with van der Waals surface area (Å²) in [5.74, 6) is 0.519. The summed E-state index contributed by atoms with van der Waals surface area (Å²) in [5.41, 5.74) is -0.150. The summed E-state index contributed by atoms with van der Waals surface area (Å²) in [6.07, 6.45) is 1.39. The van der Waals surface area contributed by atoms with Gasteiger partial charge in [0.25, 0.3) is 0 Å². The van der Waals surface area contributed by atoms with E-state index in [2.05, 4.69) is 26.1 Å². The maximum Gasteiger partial charge on any atom is 0.220 e. The zero-order chi connectivity index (χ0) is 11.2. The first-order chi connectivity index (χ1) is 6.46. The highest BCUT2D eigenvalue weighted by Gasteiger charge is 2.29. The van der Waals surface area contributed by atoms with Crippen molar-refractivity contribution in [2.45, 2.75) is 46.1 Å². The van der Waals surface area contributed by atoms with Crippen LogP contribution in [0.4, 0.5) is 0 Å². The largest absolute Gasteiger partial charge is 0.385 e. The van der Waals surface area contributed by atoms with Gasteiger partial charge in [-0.3, -0.25) is 4.79 Å². The van der Waals surface area contributed by atoms with Crippen LogP contribution in [0.2, 0.25) is 0 Å². The van der Waals surface area contributed by atoms with E-state index in [-0.39, 0.29) is 12.9 Å². The lowest BCUT2D eigenvalue weighted by molar-refractivity contribution is -0.123. The number of ether oxygens (including phenoxy) is 1. The molecule has 0 aromatic carbocycles. The van der Waals surface area contributed by atoms with Crippen LogP contribution in [0.1, 0.15) is 42.0 Å². The average molecular weight is 203 g/mol. The summed E-state index contributed by atoms with van der Waals surface area (Å²) < 4.78 is 5.05. The molecule has 0 saturated heterocycles. The molecule has 0 aliphatic carbocycles. The van der Waals surface area contributed by atoms with Gasteiger partial charge in [-0.05, 0) is 19.3 Å². The first-order valence-corrected chi connectivity index (χ1v) is 5.26. The third-order valence-corrected chi connectivity index (χ3v) is 2.85. The van der Waals surface area contributed by atoms with E-state index in [0.29, 0.717) is 18.9 Å². The molecule has 0 aliphatic rings. The fraction of sp³-hybridized carbons (Fsp3) is 0.909. The third kappa shape index (κ3) is 4.09. The highest BCUT2D eigenvalue weighted by atomic mass is 16.5. The SMILES string of the molecule is CCC(=O)N[C@](C)(CCOC)C(C)C.[HH]. The number of nitrogens with one attached hydrogen (secondary N) is 1. The zero-order valence-corrected chi connectivity index (χ0v) is 10.0. The van der Waals surface area contributed by atoms with Crippen molar-refractivity contribution in [1.29, 1.82) is 0 Å². The highest BCUT2D eigenvalue weighted by Crippen LogP contribution is 2.20. The molecule has 3 heteroatoms. The van der Waals surface area contributed by atoms with Crippen LogP contribution in [0.25, 0.3) is 0 Å². The van der Waals surface area contributed by atoms with E-state index in [1.807, 2.05) is 6.92 Å². The van der Waals surface area contributed by atoms with Gasteiger partial charge < -0.3 is 10.1 Å². The number of carbonyl (C=O) groups is 1. The molecule has 0 aliphatic heterocycles. The fourth-order valence-electron chi connectivity index (χ4n) is 1.22. The Morgan fingerprint density at radius 3 is 2.50 bits per heavy atom. The van der Waals surface area contributed by atoms with Gasteiger partial charge >= 0.3 is 0 Å². The molecule has 0 fully saturated rings. The topological polar surface area (TPSA) is 38.3 Å². The summed E-state index contributed by atoms with van der Waals surface area (Å²) in [6, 6.07) is 0. The van der Waals surface area contributed by atoms with Crippen LogP contribution in [-0.2, 0) is 9.53 Å². The lowest BCUT2D eigenvalue weighted by Crippen LogP contribution is -2.50. The minimum atomic E-state index is -0.150. The van der Waals surface area contributed by atoms with Gasteiger partial charge in [0.05, 0.1) is 0 Å². The van der Waals surface area contributed by atoms with Crippen molar-refractivity contribution in [3.63, 3.8) is 0 Å². The number of hydrogen-bond acceptors (Lipinski definition) is 2. The van der Waals surface area contributed by atoms with Crippen molar-refractivity contribution in [2.75, 3.05) is 13.7 Å². The van der Waals surface area contributed by atoms with Gasteiger partial charge in [-0.1, -0.05) is 20.8 Å². The smallest absolute Gasteiger partial charge is 0.220 e. The van der Waals surface area contributed by atoms with Crippen LogP contribution in [0.5, 0.6) is 0 Å². The second-order valence-electron chi connectivity index (χ2n) is 4.22. The summed E-state index contributed by atoms with van der Waals surface area (Å²) in [4.78, 5) is 11.3. The normalized spacial score (nSPS) is 15.3. The van der Waals surface area contributed by atoms with Crippen LogP contribution in [0, 0.1) is 5.92 Å². The van der Waals surface area contributed by atoms with Crippen LogP contribution in [-0.4, -0.2) is 25.2 Å². The number of hydrogen-bond donors (Lipinski definition) is 1. The van der Waals surface area contributed by atoms with Crippen molar-refractivity contribution in [2.24, 2.45) is 5.92 Å². The lowest BCUT2D eigenvalue weighted by atomic mass is 9.85. The van der Waals surface area contributed by atoms with E-state index in [9.17, 15) is 4.79 Å². The Labute approximate surface area is 88.7 Å². The van der Waals surface area contributed by atoms with Crippen molar-refractivity contribution < 1.29 is 11.0 Å². The molecule has 1 N–H and O–H groups in total. The van der Waals surface area contributed by atoms with Gasteiger partial charge in [-0.25, -0.2) is 0 Å². The molecule has 1 atom stereocenters. The Kier molecular flexibility index (Phi) is 5.77. The number of amides is 1. The Bertz CT molecular complexity index is 185. The standard InChI is InChI=1S/C11H23NO2.H2/c1-6-10(13)12-11(4,9(2)3)7-8-14-5;/h9H,6-8H2,1-5H3,(H,12,13);1H/t11-;/m1./s1. The van der Waals surface area contributed by atoms with Gasteiger partial charge in [0.2, 0.25) is 5.91 Å². The molecule has 86 valence electrons. The van der Waals surface area contributed by atoms with Crippen molar-refractivity contribution in [3.05, 3.63) is 0 Å². The summed E-state index contributed by atoms with van der Waals surface area (Å²) in [6.45, 7) is 8.85. The Morgan fingerprint density at radius 2 is 2.14 bits per heavy atom. The first kappa shape index (κ1) is 13.4. The van der Waals surface area contributed by atoms with E-state index in [1.54, 1.807) is 7.11 Å². The molecule has 0 unspecified atom stereocenters. The predicted octanol–water partition coefficient (Wildman–Crippen LogP) is 2.21. The molecule has 0 radical (unpaired) electrons. The summed E-state index contributed by atoms with van der Waals surface area (Å²) >= 11 is 0. The second kappa shape index (κ2) is 6.02. The number of carbonyl (C=O) groups excluding carboxylic acids is 1. The van der Waals surface area contributed by atoms with E-state index >= 15 is 0 Å². The first-order valence-electron chi connectivity index (χ1n) is 5.26. The van der Waals surface area contributed by atoms with Gasteiger partial charge in [0.1, 0.15) is 0 Å². The van der Waals surface area contributed by atoms with Gasteiger partial charge in [-0.15, -0.1) is 0 Å². The minimum Gasteiger partial charge on any atom is -0.385 e. The lowest BCUT2D eigenvalue weighted by Gasteiger charge is -2.34. The van der Waals surface area contributed by atoms with E-state index in [1.165, 1.54) is 0 Å². The molecule has 1 amide bonds. The van der Waals surface area contributed by atoms with Crippen LogP contribution in [0.15, 0.2) is 0 Å². The molecule has 0 aromatic heterocycles. The minimum absolute atomic E-state index is 0. The highest BCUT2D eigenvalue weighted by molar-refractivity contribution is 5.76. The van der Waals surface area contributed by atoms with Crippen molar-refractivity contribution in [3.8, 4) is 0 Å². The molecule has 0 bridgehead atoms. The quantitative estimate of drug-likeness (QED) is 0.718. The second-order valence-corrected chi connectivity index (χ2v) is 4.22. The summed E-state index contributed by atoms with van der Waals surface area (Å²) in [7, 11) is 1.68. The maximum absolute atomic E-state index is 11.3. The maximum atomic E-state index is 11.3. The molecular formula is C11H25NO2. The monoisotopic (exact) mass is 203 g/mol. The molecule has 3 nitrogen and oxygen atoms in total. The molecule has 0 saturated carbocycles. The van der Waals surface area contributed by atoms with Gasteiger partial charge in [0.15, 0.2) is 0 Å². The van der Waals surface area contributed by atoms with Crippen LogP contribution < -0.4 is 5.32 Å².